The molecule has 0 unspecified atom stereocenters. The number of fused-ring (bicyclic) bond motifs is 4. The zero-order valence-electron chi connectivity index (χ0n) is 18.5. The molecule has 170 valence electrons. The maximum atomic E-state index is 12.9. The molecule has 0 aliphatic heterocycles. The van der Waals surface area contributed by atoms with E-state index < -0.39 is 5.97 Å². The Labute approximate surface area is 193 Å². The van der Waals surface area contributed by atoms with Crippen LogP contribution >= 0.6 is 11.3 Å². The first kappa shape index (κ1) is 21.5. The molecular formula is C24H24N4O4S. The third-order valence-corrected chi connectivity index (χ3v) is 7.20. The number of nitrogens with zero attached hydrogens (tertiary/aromatic N) is 3. The molecule has 1 N–H and O–H groups in total. The molecular weight excluding hydrogens is 440 g/mol. The van der Waals surface area contributed by atoms with Crippen molar-refractivity contribution in [2.24, 2.45) is 5.92 Å². The number of hydrogen-bond acceptors (Lipinski definition) is 7. The number of ether oxygens (including phenoxy) is 1. The Morgan fingerprint density at radius 3 is 2.85 bits per heavy atom. The standard InChI is InChI=1S/C24H24N4O4S/c1-3-10-28-23(30)15-7-5-4-6-14(15)20(27-28)24(31)32-12-18-25-21(29)19-16-9-8-13(2)11-17(16)33-22(19)26-18/h4-7,13H,3,8-12H2,1-2H3,(H,25,26,29)/t13-/m1/s1. The van der Waals surface area contributed by atoms with Gasteiger partial charge in [0.1, 0.15) is 17.3 Å². The molecule has 1 atom stereocenters. The lowest BCUT2D eigenvalue weighted by Crippen LogP contribution is -2.26. The van der Waals surface area contributed by atoms with Gasteiger partial charge in [0, 0.05) is 16.8 Å². The van der Waals surface area contributed by atoms with E-state index in [0.29, 0.717) is 45.7 Å². The highest BCUT2D eigenvalue weighted by molar-refractivity contribution is 7.18. The molecule has 8 nitrogen and oxygen atoms in total. The van der Waals surface area contributed by atoms with Crippen LogP contribution in [-0.2, 0) is 30.7 Å². The largest absolute Gasteiger partial charge is 0.453 e. The Kier molecular flexibility index (Phi) is 5.57. The summed E-state index contributed by atoms with van der Waals surface area (Å²) in [6, 6.07) is 6.85. The van der Waals surface area contributed by atoms with E-state index in [2.05, 4.69) is 22.0 Å². The van der Waals surface area contributed by atoms with Crippen LogP contribution in [-0.4, -0.2) is 25.7 Å². The van der Waals surface area contributed by atoms with Crippen LogP contribution in [0.2, 0.25) is 0 Å². The second-order valence-corrected chi connectivity index (χ2v) is 9.63. The van der Waals surface area contributed by atoms with Crippen LogP contribution in [0.25, 0.3) is 21.0 Å². The van der Waals surface area contributed by atoms with Gasteiger partial charge in [-0.05, 0) is 43.2 Å². The summed E-state index contributed by atoms with van der Waals surface area (Å²) in [6.07, 6.45) is 3.63. The molecule has 33 heavy (non-hydrogen) atoms. The summed E-state index contributed by atoms with van der Waals surface area (Å²) in [5.41, 5.74) is 0.747. The molecule has 0 saturated carbocycles. The normalized spacial score (nSPS) is 15.6. The number of hydrogen-bond donors (Lipinski definition) is 1. The van der Waals surface area contributed by atoms with E-state index in [-0.39, 0.29) is 23.4 Å². The molecule has 3 heterocycles. The van der Waals surface area contributed by atoms with E-state index in [0.717, 1.165) is 24.8 Å². The van der Waals surface area contributed by atoms with Crippen LogP contribution in [0.1, 0.15) is 53.4 Å². The number of aryl methyl sites for hydroxylation is 2. The van der Waals surface area contributed by atoms with Crippen molar-refractivity contribution in [3.63, 3.8) is 0 Å². The van der Waals surface area contributed by atoms with E-state index in [9.17, 15) is 14.4 Å². The number of benzene rings is 1. The van der Waals surface area contributed by atoms with Gasteiger partial charge in [-0.1, -0.05) is 32.0 Å². The van der Waals surface area contributed by atoms with E-state index >= 15 is 0 Å². The Balaban J connectivity index is 1.45. The van der Waals surface area contributed by atoms with Gasteiger partial charge in [-0.3, -0.25) is 9.59 Å². The number of aromatic nitrogens is 4. The molecule has 1 aliphatic rings. The number of rotatable bonds is 5. The molecule has 1 aliphatic carbocycles. The number of nitrogens with one attached hydrogen (secondary N) is 1. The minimum Gasteiger partial charge on any atom is -0.453 e. The van der Waals surface area contributed by atoms with Gasteiger partial charge >= 0.3 is 5.97 Å². The molecule has 3 aromatic heterocycles. The summed E-state index contributed by atoms with van der Waals surface area (Å²) < 4.78 is 6.77. The average molecular weight is 465 g/mol. The molecule has 0 spiro atoms. The van der Waals surface area contributed by atoms with Crippen LogP contribution in [0.3, 0.4) is 0 Å². The summed E-state index contributed by atoms with van der Waals surface area (Å²) >= 11 is 1.55. The maximum absolute atomic E-state index is 12.9. The highest BCUT2D eigenvalue weighted by Crippen LogP contribution is 2.35. The highest BCUT2D eigenvalue weighted by atomic mass is 32.1. The molecule has 5 rings (SSSR count). The topological polar surface area (TPSA) is 107 Å². The highest BCUT2D eigenvalue weighted by Gasteiger charge is 2.23. The van der Waals surface area contributed by atoms with Gasteiger partial charge in [-0.2, -0.15) is 5.10 Å². The van der Waals surface area contributed by atoms with Crippen molar-refractivity contribution in [3.8, 4) is 0 Å². The fraction of sp³-hybridized carbons (Fsp3) is 0.375. The van der Waals surface area contributed by atoms with Crippen molar-refractivity contribution in [2.75, 3.05) is 0 Å². The number of H-pyrrole nitrogens is 1. The molecule has 1 aromatic carbocycles. The fourth-order valence-corrected chi connectivity index (χ4v) is 5.82. The summed E-state index contributed by atoms with van der Waals surface area (Å²) in [4.78, 5) is 47.6. The van der Waals surface area contributed by atoms with Gasteiger partial charge in [-0.15, -0.1) is 11.3 Å². The van der Waals surface area contributed by atoms with Crippen molar-refractivity contribution >= 4 is 38.3 Å². The van der Waals surface area contributed by atoms with E-state index in [1.165, 1.54) is 9.56 Å². The second-order valence-electron chi connectivity index (χ2n) is 8.54. The molecule has 0 radical (unpaired) electrons. The van der Waals surface area contributed by atoms with Crippen LogP contribution in [0.4, 0.5) is 0 Å². The molecule has 0 amide bonds. The number of aromatic amines is 1. The van der Waals surface area contributed by atoms with Gasteiger partial charge < -0.3 is 9.72 Å². The van der Waals surface area contributed by atoms with Gasteiger partial charge in [0.05, 0.1) is 10.8 Å². The van der Waals surface area contributed by atoms with E-state index in [4.69, 9.17) is 4.74 Å². The molecule has 0 bridgehead atoms. The van der Waals surface area contributed by atoms with Gasteiger partial charge in [0.25, 0.3) is 11.1 Å². The van der Waals surface area contributed by atoms with Crippen molar-refractivity contribution < 1.29 is 9.53 Å². The minimum atomic E-state index is -0.668. The van der Waals surface area contributed by atoms with Crippen LogP contribution in [0.5, 0.6) is 0 Å². The lowest BCUT2D eigenvalue weighted by Gasteiger charge is -2.17. The van der Waals surface area contributed by atoms with Crippen molar-refractivity contribution in [1.29, 1.82) is 0 Å². The van der Waals surface area contributed by atoms with Crippen LogP contribution < -0.4 is 11.1 Å². The van der Waals surface area contributed by atoms with E-state index in [1.54, 1.807) is 35.6 Å². The molecule has 9 heteroatoms. The molecule has 4 aromatic rings. The van der Waals surface area contributed by atoms with Crippen LogP contribution in [0, 0.1) is 5.92 Å². The second kappa shape index (κ2) is 8.55. The first-order chi connectivity index (χ1) is 16.0. The Bertz CT molecular complexity index is 1500. The first-order valence-electron chi connectivity index (χ1n) is 11.2. The lowest BCUT2D eigenvalue weighted by molar-refractivity contribution is 0.0455. The molecule has 0 fully saturated rings. The average Bonchev–Trinajstić information content (AvgIpc) is 3.17. The van der Waals surface area contributed by atoms with Gasteiger partial charge in [-0.25, -0.2) is 14.5 Å². The Morgan fingerprint density at radius 2 is 2.06 bits per heavy atom. The summed E-state index contributed by atoms with van der Waals surface area (Å²) in [6.45, 7) is 4.36. The fourth-order valence-electron chi connectivity index (χ4n) is 4.41. The Morgan fingerprint density at radius 1 is 1.27 bits per heavy atom. The molecule has 0 saturated heterocycles. The van der Waals surface area contributed by atoms with Crippen molar-refractivity contribution in [3.05, 3.63) is 66.9 Å². The van der Waals surface area contributed by atoms with Crippen LogP contribution in [0.15, 0.2) is 33.9 Å². The SMILES string of the molecule is CCCn1nc(C(=O)OCc2nc3sc4c(c3c(=O)[nH]2)CC[C@@H](C)C4)c2ccccc2c1=O. The lowest BCUT2D eigenvalue weighted by atomic mass is 9.89. The smallest absolute Gasteiger partial charge is 0.359 e. The number of thiophene rings is 1. The quantitative estimate of drug-likeness (QED) is 0.453. The van der Waals surface area contributed by atoms with Gasteiger partial charge in [0.15, 0.2) is 5.69 Å². The number of esters is 1. The number of carbonyl (C=O) groups excluding carboxylic acids is 1. The predicted molar refractivity (Wildman–Crippen MR) is 127 cm³/mol. The Hall–Kier alpha value is -3.33. The number of carbonyl (C=O) groups is 1. The van der Waals surface area contributed by atoms with E-state index in [1.807, 2.05) is 6.92 Å². The predicted octanol–water partition coefficient (Wildman–Crippen LogP) is 3.59. The summed E-state index contributed by atoms with van der Waals surface area (Å²) in [7, 11) is 0. The maximum Gasteiger partial charge on any atom is 0.359 e. The summed E-state index contributed by atoms with van der Waals surface area (Å²) in [5.74, 6) is 0.222. The zero-order chi connectivity index (χ0) is 23.1. The zero-order valence-corrected chi connectivity index (χ0v) is 19.3. The first-order valence-corrected chi connectivity index (χ1v) is 12.0. The summed E-state index contributed by atoms with van der Waals surface area (Å²) in [5, 5.41) is 5.78. The monoisotopic (exact) mass is 464 g/mol. The third kappa shape index (κ3) is 3.86. The third-order valence-electron chi connectivity index (χ3n) is 6.05. The van der Waals surface area contributed by atoms with Gasteiger partial charge in [0.2, 0.25) is 0 Å². The minimum absolute atomic E-state index is 0.0719. The van der Waals surface area contributed by atoms with Crippen molar-refractivity contribution in [1.82, 2.24) is 19.7 Å². The van der Waals surface area contributed by atoms with Crippen molar-refractivity contribution in [2.45, 2.75) is 52.7 Å².